The molecule has 1 aliphatic rings. The summed E-state index contributed by atoms with van der Waals surface area (Å²) in [5, 5.41) is 17.9. The molecule has 0 radical (unpaired) electrons. The van der Waals surface area contributed by atoms with Gasteiger partial charge < -0.3 is 20.7 Å². The minimum absolute atomic E-state index is 0.00730. The summed E-state index contributed by atoms with van der Waals surface area (Å²) in [6.07, 6.45) is 3.88. The van der Waals surface area contributed by atoms with Gasteiger partial charge in [0, 0.05) is 25.7 Å². The van der Waals surface area contributed by atoms with Crippen LogP contribution in [0.5, 0.6) is 0 Å². The lowest BCUT2D eigenvalue weighted by Gasteiger charge is -2.24. The fourth-order valence-corrected chi connectivity index (χ4v) is 2.20. The van der Waals surface area contributed by atoms with Gasteiger partial charge in [-0.05, 0) is 0 Å². The minimum Gasteiger partial charge on any atom is -0.380 e. The number of aromatic nitrogens is 3. The van der Waals surface area contributed by atoms with Crippen LogP contribution in [-0.4, -0.2) is 47.3 Å². The standard InChI is InChI=1S/C15H16FN7O/c16-12-8-22-14(23-15-9-19-10(4-17)5-21-15)3-13(12)20-7-11-6-18-1-2-24-11/h3,5,8-9,11,18H,1-2,6-7H2,(H2,20,21,22,23)/t11-/m1/s1. The molecule has 1 fully saturated rings. The molecular formula is C15H16FN7O. The van der Waals surface area contributed by atoms with Crippen molar-refractivity contribution in [2.75, 3.05) is 36.9 Å². The van der Waals surface area contributed by atoms with Gasteiger partial charge in [0.05, 0.1) is 37.0 Å². The average molecular weight is 329 g/mol. The third kappa shape index (κ3) is 4.13. The summed E-state index contributed by atoms with van der Waals surface area (Å²) in [5.41, 5.74) is 0.541. The second-order valence-corrected chi connectivity index (χ2v) is 5.15. The average Bonchev–Trinajstić information content (AvgIpc) is 2.63. The fourth-order valence-electron chi connectivity index (χ4n) is 2.20. The third-order valence-electron chi connectivity index (χ3n) is 3.40. The smallest absolute Gasteiger partial charge is 0.164 e. The Labute approximate surface area is 138 Å². The Morgan fingerprint density at radius 2 is 2.17 bits per heavy atom. The van der Waals surface area contributed by atoms with Gasteiger partial charge in [-0.25, -0.2) is 19.3 Å². The van der Waals surface area contributed by atoms with E-state index in [9.17, 15) is 4.39 Å². The van der Waals surface area contributed by atoms with Gasteiger partial charge in [-0.2, -0.15) is 5.26 Å². The lowest BCUT2D eigenvalue weighted by Crippen LogP contribution is -2.42. The molecule has 0 aliphatic carbocycles. The van der Waals surface area contributed by atoms with Gasteiger partial charge >= 0.3 is 0 Å². The summed E-state index contributed by atoms with van der Waals surface area (Å²) >= 11 is 0. The van der Waals surface area contributed by atoms with E-state index in [1.54, 1.807) is 6.07 Å². The highest BCUT2D eigenvalue weighted by Gasteiger charge is 2.14. The summed E-state index contributed by atoms with van der Waals surface area (Å²) in [7, 11) is 0. The van der Waals surface area contributed by atoms with Crippen LogP contribution in [0.25, 0.3) is 0 Å². The second-order valence-electron chi connectivity index (χ2n) is 5.15. The van der Waals surface area contributed by atoms with E-state index in [0.717, 1.165) is 19.3 Å². The van der Waals surface area contributed by atoms with Gasteiger partial charge in [-0.3, -0.25) is 0 Å². The second kappa shape index (κ2) is 7.63. The van der Waals surface area contributed by atoms with Crippen molar-refractivity contribution in [1.29, 1.82) is 5.26 Å². The Bertz CT molecular complexity index is 726. The predicted octanol–water partition coefficient (Wildman–Crippen LogP) is 1.03. The van der Waals surface area contributed by atoms with Crippen molar-refractivity contribution in [3.05, 3.63) is 36.2 Å². The fraction of sp³-hybridized carbons (Fsp3) is 0.333. The molecule has 2 aromatic rings. The highest BCUT2D eigenvalue weighted by atomic mass is 19.1. The molecule has 0 bridgehead atoms. The van der Waals surface area contributed by atoms with Gasteiger partial charge in [-0.15, -0.1) is 0 Å². The Balaban J connectivity index is 1.65. The first-order chi connectivity index (χ1) is 11.7. The monoisotopic (exact) mass is 329 g/mol. The van der Waals surface area contributed by atoms with E-state index in [1.807, 2.05) is 6.07 Å². The largest absolute Gasteiger partial charge is 0.380 e. The van der Waals surface area contributed by atoms with Crippen molar-refractivity contribution >= 4 is 17.3 Å². The highest BCUT2D eigenvalue weighted by molar-refractivity contribution is 5.58. The molecule has 24 heavy (non-hydrogen) atoms. The van der Waals surface area contributed by atoms with Crippen LogP contribution in [0.4, 0.5) is 21.7 Å². The molecule has 1 atom stereocenters. The van der Waals surface area contributed by atoms with Gasteiger partial charge in [-0.1, -0.05) is 0 Å². The Kier molecular flexibility index (Phi) is 5.10. The summed E-state index contributed by atoms with van der Waals surface area (Å²) < 4.78 is 19.5. The highest BCUT2D eigenvalue weighted by Crippen LogP contribution is 2.19. The molecule has 2 aromatic heterocycles. The minimum atomic E-state index is -0.449. The molecule has 1 aliphatic heterocycles. The van der Waals surface area contributed by atoms with E-state index in [0.29, 0.717) is 30.5 Å². The summed E-state index contributed by atoms with van der Waals surface area (Å²) in [6.45, 7) is 2.70. The first-order valence-electron chi connectivity index (χ1n) is 7.45. The zero-order chi connectivity index (χ0) is 16.8. The number of nitrogens with zero attached hydrogens (tertiary/aromatic N) is 4. The number of rotatable bonds is 5. The summed E-state index contributed by atoms with van der Waals surface area (Å²) in [6, 6.07) is 3.44. The molecule has 0 saturated carbocycles. The van der Waals surface area contributed by atoms with Crippen molar-refractivity contribution in [3.63, 3.8) is 0 Å². The number of pyridine rings is 1. The van der Waals surface area contributed by atoms with E-state index in [1.165, 1.54) is 12.4 Å². The number of halogens is 1. The molecular weight excluding hydrogens is 313 g/mol. The van der Waals surface area contributed by atoms with Crippen LogP contribution in [0, 0.1) is 17.1 Å². The SMILES string of the molecule is N#Cc1cnc(Nc2cc(NC[C@H]3CNCCO3)c(F)cn2)cn1. The molecule has 9 heteroatoms. The quantitative estimate of drug-likeness (QED) is 0.746. The molecule has 3 N–H and O–H groups in total. The van der Waals surface area contributed by atoms with Crippen LogP contribution >= 0.6 is 0 Å². The molecule has 0 unspecified atom stereocenters. The molecule has 0 amide bonds. The number of anilines is 3. The first kappa shape index (κ1) is 16.0. The van der Waals surface area contributed by atoms with Crippen molar-refractivity contribution in [2.45, 2.75) is 6.10 Å². The van der Waals surface area contributed by atoms with Crippen LogP contribution in [0.1, 0.15) is 5.69 Å². The molecule has 8 nitrogen and oxygen atoms in total. The molecule has 1 saturated heterocycles. The molecule has 3 rings (SSSR count). The van der Waals surface area contributed by atoms with Crippen LogP contribution in [0.15, 0.2) is 24.7 Å². The van der Waals surface area contributed by atoms with Gasteiger partial charge in [0.2, 0.25) is 0 Å². The topological polar surface area (TPSA) is 108 Å². The van der Waals surface area contributed by atoms with Crippen LogP contribution < -0.4 is 16.0 Å². The number of hydrogen-bond acceptors (Lipinski definition) is 8. The van der Waals surface area contributed by atoms with Crippen molar-refractivity contribution in [3.8, 4) is 6.07 Å². The van der Waals surface area contributed by atoms with E-state index in [4.69, 9.17) is 10.00 Å². The van der Waals surface area contributed by atoms with Gasteiger partial charge in [0.1, 0.15) is 17.7 Å². The van der Waals surface area contributed by atoms with Crippen LogP contribution in [-0.2, 0) is 4.74 Å². The Hall–Kier alpha value is -2.83. The lowest BCUT2D eigenvalue weighted by atomic mass is 10.3. The van der Waals surface area contributed by atoms with Gasteiger partial charge in [0.15, 0.2) is 11.5 Å². The van der Waals surface area contributed by atoms with E-state index < -0.39 is 5.82 Å². The van der Waals surface area contributed by atoms with Gasteiger partial charge in [0.25, 0.3) is 0 Å². The van der Waals surface area contributed by atoms with Crippen molar-refractivity contribution < 1.29 is 9.13 Å². The lowest BCUT2D eigenvalue weighted by molar-refractivity contribution is 0.0372. The zero-order valence-electron chi connectivity index (χ0n) is 12.8. The third-order valence-corrected chi connectivity index (χ3v) is 3.40. The molecule has 3 heterocycles. The molecule has 124 valence electrons. The normalized spacial score (nSPS) is 17.1. The first-order valence-corrected chi connectivity index (χ1v) is 7.45. The van der Waals surface area contributed by atoms with Crippen molar-refractivity contribution in [1.82, 2.24) is 20.3 Å². The summed E-state index contributed by atoms with van der Waals surface area (Å²) in [5.74, 6) is 0.384. The number of ether oxygens (including phenoxy) is 1. The van der Waals surface area contributed by atoms with E-state index >= 15 is 0 Å². The maximum Gasteiger partial charge on any atom is 0.164 e. The summed E-state index contributed by atoms with van der Waals surface area (Å²) in [4.78, 5) is 11.9. The van der Waals surface area contributed by atoms with E-state index in [-0.39, 0.29) is 11.8 Å². The van der Waals surface area contributed by atoms with E-state index in [2.05, 4.69) is 30.9 Å². The maximum atomic E-state index is 13.9. The van der Waals surface area contributed by atoms with Crippen LogP contribution in [0.2, 0.25) is 0 Å². The zero-order valence-corrected chi connectivity index (χ0v) is 12.8. The Morgan fingerprint density at radius 1 is 1.29 bits per heavy atom. The molecule has 0 aromatic carbocycles. The molecule has 0 spiro atoms. The number of nitrogens with one attached hydrogen (secondary N) is 3. The Morgan fingerprint density at radius 3 is 2.88 bits per heavy atom. The predicted molar refractivity (Wildman–Crippen MR) is 85.3 cm³/mol. The van der Waals surface area contributed by atoms with Crippen molar-refractivity contribution in [2.24, 2.45) is 0 Å². The van der Waals surface area contributed by atoms with Crippen LogP contribution in [0.3, 0.4) is 0 Å². The number of morpholine rings is 1. The maximum absolute atomic E-state index is 13.9. The number of hydrogen-bond donors (Lipinski definition) is 3. The number of nitriles is 1.